The second-order valence-electron chi connectivity index (χ2n) is 15.2. The first-order valence-corrected chi connectivity index (χ1v) is 21.0. The lowest BCUT2D eigenvalue weighted by atomic mass is 9.99. The third-order valence-corrected chi connectivity index (χ3v) is 11.5. The molecule has 0 aliphatic rings. The fourth-order valence-corrected chi connectivity index (χ4v) is 7.98. The van der Waals surface area contributed by atoms with Crippen LogP contribution in [0.25, 0.3) is 44.5 Å². The number of nitrogens with zero attached hydrogens (tertiary/aromatic N) is 2. The summed E-state index contributed by atoms with van der Waals surface area (Å²) in [6.07, 6.45) is 2.03. The number of benzene rings is 9. The van der Waals surface area contributed by atoms with Crippen LogP contribution in [0.2, 0.25) is 0 Å². The predicted octanol–water partition coefficient (Wildman–Crippen LogP) is 16.4. The minimum absolute atomic E-state index is 1.02. The topological polar surface area (TPSA) is 6.48 Å². The summed E-state index contributed by atoms with van der Waals surface area (Å²) in [7, 11) is 0. The summed E-state index contributed by atoms with van der Waals surface area (Å²) in [5.41, 5.74) is 19.0. The van der Waals surface area contributed by atoms with Crippen molar-refractivity contribution in [1.82, 2.24) is 0 Å². The van der Waals surface area contributed by atoms with E-state index in [1.807, 2.05) is 0 Å². The van der Waals surface area contributed by atoms with Crippen LogP contribution in [0.1, 0.15) is 25.0 Å². The molecule has 0 aromatic heterocycles. The normalized spacial score (nSPS) is 11.0. The Balaban J connectivity index is 0.957. The Bertz CT molecular complexity index is 2540. The van der Waals surface area contributed by atoms with Crippen LogP contribution in [0.5, 0.6) is 0 Å². The molecular weight excluding hydrogens is 725 g/mol. The molecule has 0 aliphatic heterocycles. The van der Waals surface area contributed by atoms with Crippen molar-refractivity contribution < 1.29 is 0 Å². The summed E-state index contributed by atoms with van der Waals surface area (Å²) in [6, 6.07) is 83.5. The fourth-order valence-electron chi connectivity index (χ4n) is 7.98. The van der Waals surface area contributed by atoms with E-state index >= 15 is 0 Å². The van der Waals surface area contributed by atoms with Gasteiger partial charge in [-0.2, -0.15) is 0 Å². The van der Waals surface area contributed by atoms with Gasteiger partial charge in [0, 0.05) is 34.1 Å². The first-order chi connectivity index (χ1) is 29.6. The lowest BCUT2D eigenvalue weighted by Gasteiger charge is -2.26. The zero-order valence-electron chi connectivity index (χ0n) is 34.2. The van der Waals surface area contributed by atoms with E-state index in [9.17, 15) is 0 Å². The van der Waals surface area contributed by atoms with Crippen LogP contribution in [0, 0.1) is 0 Å². The van der Waals surface area contributed by atoms with E-state index in [0.29, 0.717) is 0 Å². The van der Waals surface area contributed by atoms with E-state index in [1.54, 1.807) is 0 Å². The largest absolute Gasteiger partial charge is 0.311 e. The summed E-state index contributed by atoms with van der Waals surface area (Å²) in [5, 5.41) is 0. The van der Waals surface area contributed by atoms with Crippen molar-refractivity contribution in [3.8, 4) is 44.5 Å². The number of aryl methyl sites for hydroxylation is 2. The second-order valence-corrected chi connectivity index (χ2v) is 15.2. The molecule has 0 unspecified atom stereocenters. The highest BCUT2D eigenvalue weighted by molar-refractivity contribution is 5.82. The summed E-state index contributed by atoms with van der Waals surface area (Å²) in [6.45, 7) is 4.40. The second kappa shape index (κ2) is 17.6. The molecule has 9 aromatic carbocycles. The average Bonchev–Trinajstić information content (AvgIpc) is 3.34. The van der Waals surface area contributed by atoms with Crippen molar-refractivity contribution in [2.45, 2.75) is 26.7 Å². The van der Waals surface area contributed by atoms with Crippen LogP contribution in [0.15, 0.2) is 231 Å². The molecule has 290 valence electrons. The maximum atomic E-state index is 2.34. The van der Waals surface area contributed by atoms with Crippen LogP contribution in [0.4, 0.5) is 34.1 Å². The van der Waals surface area contributed by atoms with Gasteiger partial charge in [0.05, 0.1) is 0 Å². The third kappa shape index (κ3) is 8.27. The Hall–Kier alpha value is -7.42. The molecule has 0 spiro atoms. The number of anilines is 6. The van der Waals surface area contributed by atoms with Crippen molar-refractivity contribution in [1.29, 1.82) is 0 Å². The molecule has 2 heteroatoms. The molecule has 2 nitrogen and oxygen atoms in total. The molecule has 0 bridgehead atoms. The molecule has 0 N–H and O–H groups in total. The molecule has 0 radical (unpaired) electrons. The SMILES string of the molecule is CCc1ccc(N(c2ccc(-c3ccccc3)cc2)c2ccc(-c3ccc(-c4ccc(N(c5ccc(CC)cc5)c5ccc(-c6ccccc6)cc5)cc4)cc3)cc2)cc1. The van der Waals surface area contributed by atoms with Crippen LogP contribution in [-0.4, -0.2) is 0 Å². The number of rotatable bonds is 12. The van der Waals surface area contributed by atoms with Gasteiger partial charge in [-0.05, 0) is 141 Å². The summed E-state index contributed by atoms with van der Waals surface area (Å²) < 4.78 is 0. The lowest BCUT2D eigenvalue weighted by molar-refractivity contribution is 1.14. The minimum atomic E-state index is 1.02. The number of hydrogen-bond acceptors (Lipinski definition) is 2. The van der Waals surface area contributed by atoms with E-state index in [4.69, 9.17) is 0 Å². The zero-order valence-corrected chi connectivity index (χ0v) is 34.2. The quantitative estimate of drug-likeness (QED) is 0.122. The molecule has 60 heavy (non-hydrogen) atoms. The van der Waals surface area contributed by atoms with Crippen molar-refractivity contribution in [2.24, 2.45) is 0 Å². The predicted molar refractivity (Wildman–Crippen MR) is 256 cm³/mol. The van der Waals surface area contributed by atoms with Crippen molar-refractivity contribution >= 4 is 34.1 Å². The minimum Gasteiger partial charge on any atom is -0.311 e. The molecule has 0 saturated heterocycles. The highest BCUT2D eigenvalue weighted by Gasteiger charge is 2.15. The maximum absolute atomic E-state index is 2.34. The molecule has 0 heterocycles. The molecule has 0 atom stereocenters. The highest BCUT2D eigenvalue weighted by atomic mass is 15.1. The van der Waals surface area contributed by atoms with Crippen LogP contribution < -0.4 is 9.80 Å². The van der Waals surface area contributed by atoms with Gasteiger partial charge < -0.3 is 9.80 Å². The summed E-state index contributed by atoms with van der Waals surface area (Å²) in [5.74, 6) is 0. The Morgan fingerprint density at radius 1 is 0.217 bits per heavy atom. The standard InChI is InChI=1S/C58H48N2/c1-3-43-15-31-53(32-16-43)59(55-35-23-49(24-36-55)45-11-7-5-8-12-45)57-39-27-51(28-40-57)47-19-21-48(22-20-47)52-29-41-58(42-30-52)60(54-33-17-44(4-2)18-34-54)56-37-25-50(26-38-56)46-13-9-6-10-14-46/h5-42H,3-4H2,1-2H3. The van der Waals surface area contributed by atoms with Gasteiger partial charge >= 0.3 is 0 Å². The van der Waals surface area contributed by atoms with Gasteiger partial charge in [0.15, 0.2) is 0 Å². The van der Waals surface area contributed by atoms with Gasteiger partial charge in [-0.25, -0.2) is 0 Å². The van der Waals surface area contributed by atoms with Gasteiger partial charge in [0.1, 0.15) is 0 Å². The lowest BCUT2D eigenvalue weighted by Crippen LogP contribution is -2.10. The van der Waals surface area contributed by atoms with Gasteiger partial charge in [0.25, 0.3) is 0 Å². The van der Waals surface area contributed by atoms with Crippen LogP contribution >= 0.6 is 0 Å². The zero-order chi connectivity index (χ0) is 40.7. The van der Waals surface area contributed by atoms with Crippen molar-refractivity contribution in [3.63, 3.8) is 0 Å². The molecule has 9 aromatic rings. The van der Waals surface area contributed by atoms with E-state index < -0.39 is 0 Å². The first kappa shape index (κ1) is 38.1. The monoisotopic (exact) mass is 772 g/mol. The summed E-state index contributed by atoms with van der Waals surface area (Å²) in [4.78, 5) is 4.68. The molecule has 0 saturated carbocycles. The molecule has 0 fully saturated rings. The Kier molecular flexibility index (Phi) is 11.2. The highest BCUT2D eigenvalue weighted by Crippen LogP contribution is 2.39. The Labute approximate surface area is 355 Å². The van der Waals surface area contributed by atoms with Crippen molar-refractivity contribution in [3.05, 3.63) is 242 Å². The van der Waals surface area contributed by atoms with Gasteiger partial charge in [-0.1, -0.05) is 172 Å². The molecule has 0 aliphatic carbocycles. The molecule has 0 amide bonds. The van der Waals surface area contributed by atoms with E-state index in [2.05, 4.69) is 254 Å². The first-order valence-electron chi connectivity index (χ1n) is 21.0. The molecule has 9 rings (SSSR count). The van der Waals surface area contributed by atoms with Crippen molar-refractivity contribution in [2.75, 3.05) is 9.80 Å². The maximum Gasteiger partial charge on any atom is 0.0462 e. The van der Waals surface area contributed by atoms with E-state index in [-0.39, 0.29) is 0 Å². The average molecular weight is 773 g/mol. The smallest absolute Gasteiger partial charge is 0.0462 e. The van der Waals surface area contributed by atoms with Crippen LogP contribution in [0.3, 0.4) is 0 Å². The molecular formula is C58H48N2. The van der Waals surface area contributed by atoms with Gasteiger partial charge in [-0.15, -0.1) is 0 Å². The fraction of sp³-hybridized carbons (Fsp3) is 0.0690. The Morgan fingerprint density at radius 3 is 0.617 bits per heavy atom. The van der Waals surface area contributed by atoms with E-state index in [0.717, 1.165) is 47.0 Å². The van der Waals surface area contributed by atoms with Gasteiger partial charge in [0.2, 0.25) is 0 Å². The van der Waals surface area contributed by atoms with Crippen LogP contribution in [-0.2, 0) is 12.8 Å². The Morgan fingerprint density at radius 2 is 0.400 bits per heavy atom. The summed E-state index contributed by atoms with van der Waals surface area (Å²) >= 11 is 0. The third-order valence-electron chi connectivity index (χ3n) is 11.5. The number of hydrogen-bond donors (Lipinski definition) is 0. The van der Waals surface area contributed by atoms with Gasteiger partial charge in [-0.3, -0.25) is 0 Å². The van der Waals surface area contributed by atoms with E-state index in [1.165, 1.54) is 55.6 Å².